The molecule has 0 atom stereocenters. The van der Waals surface area contributed by atoms with E-state index < -0.39 is 0 Å². The monoisotopic (exact) mass is 435 g/mol. The largest absolute Gasteiger partial charge is 0.496 e. The minimum absolute atomic E-state index is 0.195. The summed E-state index contributed by atoms with van der Waals surface area (Å²) in [5.74, 6) is 0.870. The van der Waals surface area contributed by atoms with Crippen LogP contribution in [0.3, 0.4) is 0 Å². The van der Waals surface area contributed by atoms with E-state index in [2.05, 4.69) is 5.32 Å². The molecule has 144 valence electrons. The van der Waals surface area contributed by atoms with E-state index in [0.29, 0.717) is 43.4 Å². The zero-order valence-corrected chi connectivity index (χ0v) is 17.1. The van der Waals surface area contributed by atoms with Gasteiger partial charge in [-0.3, -0.25) is 4.79 Å². The van der Waals surface area contributed by atoms with Gasteiger partial charge in [0.2, 0.25) is 0 Å². The Balaban J connectivity index is 1.78. The topological polar surface area (TPSA) is 47.6 Å². The standard InChI is InChI=1S/C21H16Cl3NO3/c1-27-19-9-6-13(21(26)25-15-7-8-16(22)18(24)11-15)10-14(19)12-28-20-5-3-2-4-17(20)23/h2-11H,12H2,1H3,(H,25,26). The molecule has 0 aliphatic rings. The highest BCUT2D eigenvalue weighted by Gasteiger charge is 2.12. The van der Waals surface area contributed by atoms with Crippen LogP contribution >= 0.6 is 34.8 Å². The Bertz CT molecular complexity index is 1010. The zero-order chi connectivity index (χ0) is 20.1. The van der Waals surface area contributed by atoms with Crippen LogP contribution in [0.25, 0.3) is 0 Å². The highest BCUT2D eigenvalue weighted by atomic mass is 35.5. The van der Waals surface area contributed by atoms with Crippen LogP contribution in [0.5, 0.6) is 11.5 Å². The highest BCUT2D eigenvalue weighted by Crippen LogP contribution is 2.28. The molecule has 0 heterocycles. The molecule has 0 saturated heterocycles. The second-order valence-corrected chi connectivity index (χ2v) is 7.05. The predicted octanol–water partition coefficient (Wildman–Crippen LogP) is 6.49. The van der Waals surface area contributed by atoms with E-state index in [9.17, 15) is 4.79 Å². The van der Waals surface area contributed by atoms with Crippen molar-refractivity contribution >= 4 is 46.4 Å². The van der Waals surface area contributed by atoms with Gasteiger partial charge in [0.1, 0.15) is 18.1 Å². The Morgan fingerprint density at radius 1 is 0.893 bits per heavy atom. The summed E-state index contributed by atoms with van der Waals surface area (Å²) in [6.07, 6.45) is 0. The van der Waals surface area contributed by atoms with Crippen LogP contribution in [-0.4, -0.2) is 13.0 Å². The van der Waals surface area contributed by atoms with Gasteiger partial charge >= 0.3 is 0 Å². The van der Waals surface area contributed by atoms with E-state index in [-0.39, 0.29) is 12.5 Å². The lowest BCUT2D eigenvalue weighted by Gasteiger charge is -2.13. The summed E-state index contributed by atoms with van der Waals surface area (Å²) in [6.45, 7) is 0.195. The third-order valence-electron chi connectivity index (χ3n) is 3.94. The Labute approximate surface area is 177 Å². The van der Waals surface area contributed by atoms with Crippen molar-refractivity contribution in [3.8, 4) is 11.5 Å². The fraction of sp³-hybridized carbons (Fsp3) is 0.0952. The number of hydrogen-bond donors (Lipinski definition) is 1. The molecule has 0 fully saturated rings. The second kappa shape index (κ2) is 9.20. The zero-order valence-electron chi connectivity index (χ0n) is 14.8. The molecule has 3 aromatic carbocycles. The van der Waals surface area contributed by atoms with Gasteiger partial charge in [0.15, 0.2) is 0 Å². The molecule has 1 amide bonds. The number of halogens is 3. The van der Waals surface area contributed by atoms with Crippen molar-refractivity contribution in [3.63, 3.8) is 0 Å². The van der Waals surface area contributed by atoms with Crippen LogP contribution in [0.1, 0.15) is 15.9 Å². The number of ether oxygens (including phenoxy) is 2. The van der Waals surface area contributed by atoms with Gasteiger partial charge in [-0.1, -0.05) is 46.9 Å². The molecule has 0 aliphatic carbocycles. The predicted molar refractivity (Wildman–Crippen MR) is 113 cm³/mol. The number of anilines is 1. The lowest BCUT2D eigenvalue weighted by molar-refractivity contribution is 0.102. The molecule has 1 N–H and O–H groups in total. The molecule has 0 unspecified atom stereocenters. The van der Waals surface area contributed by atoms with Crippen LogP contribution in [0, 0.1) is 0 Å². The van der Waals surface area contributed by atoms with E-state index in [0.717, 1.165) is 0 Å². The number of carbonyl (C=O) groups is 1. The lowest BCUT2D eigenvalue weighted by atomic mass is 10.1. The minimum atomic E-state index is -0.292. The fourth-order valence-corrected chi connectivity index (χ4v) is 3.02. The summed E-state index contributed by atoms with van der Waals surface area (Å²) in [5.41, 5.74) is 1.71. The van der Waals surface area contributed by atoms with Gasteiger partial charge < -0.3 is 14.8 Å². The number of amides is 1. The van der Waals surface area contributed by atoms with Crippen molar-refractivity contribution in [3.05, 3.63) is 86.9 Å². The van der Waals surface area contributed by atoms with Crippen molar-refractivity contribution in [2.75, 3.05) is 12.4 Å². The van der Waals surface area contributed by atoms with E-state index in [1.165, 1.54) is 0 Å². The van der Waals surface area contributed by atoms with Crippen molar-refractivity contribution in [2.45, 2.75) is 6.61 Å². The molecule has 0 bridgehead atoms. The van der Waals surface area contributed by atoms with Gasteiger partial charge in [0.05, 0.1) is 22.2 Å². The summed E-state index contributed by atoms with van der Waals surface area (Å²) in [6, 6.07) is 17.2. The third-order valence-corrected chi connectivity index (χ3v) is 4.99. The van der Waals surface area contributed by atoms with Crippen LogP contribution in [-0.2, 0) is 6.61 Å². The first-order chi connectivity index (χ1) is 13.5. The van der Waals surface area contributed by atoms with E-state index in [1.54, 1.807) is 55.6 Å². The number of nitrogens with one attached hydrogen (secondary N) is 1. The van der Waals surface area contributed by atoms with E-state index >= 15 is 0 Å². The second-order valence-electron chi connectivity index (χ2n) is 5.83. The van der Waals surface area contributed by atoms with Crippen LogP contribution in [0.4, 0.5) is 5.69 Å². The van der Waals surface area contributed by atoms with Gasteiger partial charge in [-0.25, -0.2) is 0 Å². The lowest BCUT2D eigenvalue weighted by Crippen LogP contribution is -2.13. The number of methoxy groups -OCH3 is 1. The molecule has 0 aromatic heterocycles. The van der Waals surface area contributed by atoms with Crippen molar-refractivity contribution in [1.29, 1.82) is 0 Å². The SMILES string of the molecule is COc1ccc(C(=O)Nc2ccc(Cl)c(Cl)c2)cc1COc1ccccc1Cl. The highest BCUT2D eigenvalue weighted by molar-refractivity contribution is 6.42. The first kappa shape index (κ1) is 20.3. The van der Waals surface area contributed by atoms with Gasteiger partial charge in [0.25, 0.3) is 5.91 Å². The Morgan fingerprint density at radius 2 is 1.68 bits per heavy atom. The molecule has 3 rings (SSSR count). The van der Waals surface area contributed by atoms with Crippen LogP contribution in [0.15, 0.2) is 60.7 Å². The molecule has 7 heteroatoms. The molecule has 4 nitrogen and oxygen atoms in total. The van der Waals surface area contributed by atoms with Crippen molar-refractivity contribution in [1.82, 2.24) is 0 Å². The maximum atomic E-state index is 12.6. The molecule has 0 saturated carbocycles. The molecule has 28 heavy (non-hydrogen) atoms. The molecule has 0 spiro atoms. The van der Waals surface area contributed by atoms with Crippen molar-refractivity contribution in [2.24, 2.45) is 0 Å². The third kappa shape index (κ3) is 4.90. The van der Waals surface area contributed by atoms with E-state index in [1.807, 2.05) is 12.1 Å². The van der Waals surface area contributed by atoms with E-state index in [4.69, 9.17) is 44.3 Å². The summed E-state index contributed by atoms with van der Waals surface area (Å²) in [5, 5.41) is 4.08. The first-order valence-electron chi connectivity index (χ1n) is 8.28. The Hall–Kier alpha value is -2.40. The summed E-state index contributed by atoms with van der Waals surface area (Å²) in [4.78, 5) is 12.6. The average molecular weight is 437 g/mol. The summed E-state index contributed by atoms with van der Waals surface area (Å²) < 4.78 is 11.1. The van der Waals surface area contributed by atoms with Crippen LogP contribution < -0.4 is 14.8 Å². The number of hydrogen-bond acceptors (Lipinski definition) is 3. The van der Waals surface area contributed by atoms with Crippen molar-refractivity contribution < 1.29 is 14.3 Å². The number of rotatable bonds is 6. The maximum absolute atomic E-state index is 12.6. The molecule has 0 aliphatic heterocycles. The Morgan fingerprint density at radius 3 is 2.39 bits per heavy atom. The first-order valence-corrected chi connectivity index (χ1v) is 9.42. The molecular weight excluding hydrogens is 421 g/mol. The van der Waals surface area contributed by atoms with Gasteiger partial charge in [-0.2, -0.15) is 0 Å². The normalized spacial score (nSPS) is 10.4. The van der Waals surface area contributed by atoms with Gasteiger partial charge in [-0.05, 0) is 48.5 Å². The number of benzene rings is 3. The number of carbonyl (C=O) groups excluding carboxylic acids is 1. The number of para-hydroxylation sites is 1. The smallest absolute Gasteiger partial charge is 0.255 e. The quantitative estimate of drug-likeness (QED) is 0.480. The molecule has 3 aromatic rings. The minimum Gasteiger partial charge on any atom is -0.496 e. The maximum Gasteiger partial charge on any atom is 0.255 e. The summed E-state index contributed by atoms with van der Waals surface area (Å²) >= 11 is 18.0. The Kier molecular flexibility index (Phi) is 6.68. The van der Waals surface area contributed by atoms with Gasteiger partial charge in [0, 0.05) is 16.8 Å². The van der Waals surface area contributed by atoms with Gasteiger partial charge in [-0.15, -0.1) is 0 Å². The van der Waals surface area contributed by atoms with Crippen LogP contribution in [0.2, 0.25) is 15.1 Å². The summed E-state index contributed by atoms with van der Waals surface area (Å²) in [7, 11) is 1.56. The average Bonchev–Trinajstić information content (AvgIpc) is 2.70. The molecular formula is C21H16Cl3NO3. The fourth-order valence-electron chi connectivity index (χ4n) is 2.53. The molecule has 0 radical (unpaired) electrons.